The highest BCUT2D eigenvalue weighted by Crippen LogP contribution is 2.25. The Morgan fingerprint density at radius 3 is 2.50 bits per heavy atom. The van der Waals surface area contributed by atoms with Crippen LogP contribution in [0, 0.1) is 0 Å². The zero-order valence-corrected chi connectivity index (χ0v) is 14.3. The van der Waals surface area contributed by atoms with Crippen molar-refractivity contribution in [1.29, 1.82) is 0 Å². The van der Waals surface area contributed by atoms with Crippen LogP contribution in [0.1, 0.15) is 39.2 Å². The second-order valence-electron chi connectivity index (χ2n) is 5.95. The lowest BCUT2D eigenvalue weighted by Gasteiger charge is -2.43. The van der Waals surface area contributed by atoms with Crippen molar-refractivity contribution in [2.75, 3.05) is 20.6 Å². The smallest absolute Gasteiger partial charge is 0.0408 e. The molecule has 2 atom stereocenters. The maximum Gasteiger partial charge on any atom is 0.0408 e. The van der Waals surface area contributed by atoms with Crippen LogP contribution < -0.4 is 5.32 Å². The molecule has 0 radical (unpaired) electrons. The molecule has 0 fully saturated rings. The minimum absolute atomic E-state index is 0.136. The quantitative estimate of drug-likeness (QED) is 0.780. The fourth-order valence-electron chi connectivity index (χ4n) is 2.60. The van der Waals surface area contributed by atoms with Crippen LogP contribution in [-0.4, -0.2) is 37.1 Å². The van der Waals surface area contributed by atoms with Gasteiger partial charge in [0.05, 0.1) is 0 Å². The molecule has 0 heterocycles. The fourth-order valence-corrected chi connectivity index (χ4v) is 2.82. The van der Waals surface area contributed by atoms with Gasteiger partial charge in [0, 0.05) is 16.6 Å². The maximum atomic E-state index is 6.11. The molecular weight excluding hydrogens is 268 g/mol. The van der Waals surface area contributed by atoms with Gasteiger partial charge in [-0.15, -0.1) is 0 Å². The highest BCUT2D eigenvalue weighted by Gasteiger charge is 2.34. The van der Waals surface area contributed by atoms with E-state index >= 15 is 0 Å². The predicted molar refractivity (Wildman–Crippen MR) is 89.6 cm³/mol. The lowest BCUT2D eigenvalue weighted by molar-refractivity contribution is 0.112. The third kappa shape index (κ3) is 4.47. The summed E-state index contributed by atoms with van der Waals surface area (Å²) < 4.78 is 0. The van der Waals surface area contributed by atoms with E-state index in [-0.39, 0.29) is 5.54 Å². The normalized spacial score (nSPS) is 16.1. The minimum atomic E-state index is 0.136. The van der Waals surface area contributed by atoms with Crippen LogP contribution in [0.5, 0.6) is 0 Å². The van der Waals surface area contributed by atoms with Crippen molar-refractivity contribution >= 4 is 11.6 Å². The predicted octanol–water partition coefficient (Wildman–Crippen LogP) is 3.98. The number of nitrogens with one attached hydrogen (secondary N) is 1. The van der Waals surface area contributed by atoms with Crippen molar-refractivity contribution in [3.63, 3.8) is 0 Å². The topological polar surface area (TPSA) is 15.3 Å². The summed E-state index contributed by atoms with van der Waals surface area (Å²) in [5, 5.41) is 4.54. The zero-order chi connectivity index (χ0) is 15.2. The molecule has 20 heavy (non-hydrogen) atoms. The van der Waals surface area contributed by atoms with E-state index < -0.39 is 0 Å². The summed E-state index contributed by atoms with van der Waals surface area (Å²) in [5.41, 5.74) is 1.44. The zero-order valence-electron chi connectivity index (χ0n) is 13.5. The number of hydrogen-bond acceptors (Lipinski definition) is 2. The molecule has 114 valence electrons. The Morgan fingerprint density at radius 1 is 1.30 bits per heavy atom. The molecule has 3 heteroatoms. The average Bonchev–Trinajstić information content (AvgIpc) is 2.42. The molecule has 1 aromatic carbocycles. The summed E-state index contributed by atoms with van der Waals surface area (Å²) in [4.78, 5) is 2.34. The first-order valence-electron chi connectivity index (χ1n) is 7.59. The van der Waals surface area contributed by atoms with Gasteiger partial charge in [-0.25, -0.2) is 0 Å². The summed E-state index contributed by atoms with van der Waals surface area (Å²) in [7, 11) is 4.34. The largest absolute Gasteiger partial charge is 0.312 e. The van der Waals surface area contributed by atoms with Crippen LogP contribution >= 0.6 is 11.6 Å². The molecule has 1 aromatic rings. The van der Waals surface area contributed by atoms with Gasteiger partial charge in [0.25, 0.3) is 0 Å². The van der Waals surface area contributed by atoms with Gasteiger partial charge in [0.2, 0.25) is 0 Å². The van der Waals surface area contributed by atoms with Gasteiger partial charge >= 0.3 is 0 Å². The molecule has 1 N–H and O–H groups in total. The number of benzene rings is 1. The molecule has 2 nitrogen and oxygen atoms in total. The van der Waals surface area contributed by atoms with E-state index in [2.05, 4.69) is 57.2 Å². The fraction of sp³-hybridized carbons (Fsp3) is 0.647. The molecule has 0 amide bonds. The molecule has 1 rings (SSSR count). The summed E-state index contributed by atoms with van der Waals surface area (Å²) in [6, 6.07) is 8.63. The van der Waals surface area contributed by atoms with E-state index in [0.717, 1.165) is 30.8 Å². The number of rotatable bonds is 8. The Bertz CT molecular complexity index is 406. The van der Waals surface area contributed by atoms with Gasteiger partial charge in [0.1, 0.15) is 0 Å². The van der Waals surface area contributed by atoms with Crippen molar-refractivity contribution in [1.82, 2.24) is 10.2 Å². The highest BCUT2D eigenvalue weighted by atomic mass is 35.5. The van der Waals surface area contributed by atoms with Crippen molar-refractivity contribution in [2.45, 2.75) is 51.6 Å². The first-order chi connectivity index (χ1) is 9.43. The lowest BCUT2D eigenvalue weighted by Crippen LogP contribution is -2.57. The molecule has 2 unspecified atom stereocenters. The van der Waals surface area contributed by atoms with Crippen molar-refractivity contribution < 1.29 is 0 Å². The van der Waals surface area contributed by atoms with Crippen LogP contribution in [0.3, 0.4) is 0 Å². The van der Waals surface area contributed by atoms with Crippen molar-refractivity contribution in [3.05, 3.63) is 34.9 Å². The van der Waals surface area contributed by atoms with E-state index in [1.54, 1.807) is 0 Å². The molecule has 0 aromatic heterocycles. The SMILES string of the molecule is CCCNC(Cc1cccc(Cl)c1)C(C)(CC)N(C)C. The van der Waals surface area contributed by atoms with Crippen LogP contribution in [-0.2, 0) is 6.42 Å². The molecule has 0 aliphatic carbocycles. The van der Waals surface area contributed by atoms with Gasteiger partial charge < -0.3 is 10.2 Å². The Morgan fingerprint density at radius 2 is 2.00 bits per heavy atom. The Balaban J connectivity index is 2.94. The standard InChI is InChI=1S/C17H29ClN2/c1-6-11-19-16(17(3,7-2)20(4)5)13-14-9-8-10-15(18)12-14/h8-10,12,16,19H,6-7,11,13H2,1-5H3. The first-order valence-corrected chi connectivity index (χ1v) is 7.97. The summed E-state index contributed by atoms with van der Waals surface area (Å²) in [5.74, 6) is 0. The van der Waals surface area contributed by atoms with Gasteiger partial charge in [-0.1, -0.05) is 37.6 Å². The Hall–Kier alpha value is -0.570. The molecular formula is C17H29ClN2. The Kier molecular flexibility index (Phi) is 7.01. The summed E-state index contributed by atoms with van der Waals surface area (Å²) in [6.45, 7) is 7.86. The van der Waals surface area contributed by atoms with E-state index in [9.17, 15) is 0 Å². The third-order valence-electron chi connectivity index (χ3n) is 4.46. The number of hydrogen-bond donors (Lipinski definition) is 1. The van der Waals surface area contributed by atoms with Crippen LogP contribution in [0.4, 0.5) is 0 Å². The number of nitrogens with zero attached hydrogens (tertiary/aromatic N) is 1. The maximum absolute atomic E-state index is 6.11. The molecule has 0 saturated carbocycles. The summed E-state index contributed by atoms with van der Waals surface area (Å²) >= 11 is 6.11. The first kappa shape index (κ1) is 17.5. The number of likely N-dealkylation sites (N-methyl/N-ethyl adjacent to an activating group) is 1. The van der Waals surface area contributed by atoms with E-state index in [1.165, 1.54) is 5.56 Å². The van der Waals surface area contributed by atoms with Gasteiger partial charge in [-0.2, -0.15) is 0 Å². The molecule has 0 spiro atoms. The lowest BCUT2D eigenvalue weighted by atomic mass is 9.84. The van der Waals surface area contributed by atoms with Gasteiger partial charge in [-0.05, 0) is 64.5 Å². The van der Waals surface area contributed by atoms with E-state index in [1.807, 2.05) is 12.1 Å². The molecule has 0 saturated heterocycles. The van der Waals surface area contributed by atoms with Crippen LogP contribution in [0.2, 0.25) is 5.02 Å². The van der Waals surface area contributed by atoms with Crippen LogP contribution in [0.15, 0.2) is 24.3 Å². The second-order valence-corrected chi connectivity index (χ2v) is 6.38. The molecule has 0 aliphatic heterocycles. The highest BCUT2D eigenvalue weighted by molar-refractivity contribution is 6.30. The average molecular weight is 297 g/mol. The Labute approximate surface area is 129 Å². The van der Waals surface area contributed by atoms with Gasteiger partial charge in [0.15, 0.2) is 0 Å². The summed E-state index contributed by atoms with van der Waals surface area (Å²) in [6.07, 6.45) is 3.27. The van der Waals surface area contributed by atoms with Gasteiger partial charge in [-0.3, -0.25) is 0 Å². The second kappa shape index (κ2) is 8.02. The monoisotopic (exact) mass is 296 g/mol. The number of halogens is 1. The van der Waals surface area contributed by atoms with E-state index in [0.29, 0.717) is 6.04 Å². The third-order valence-corrected chi connectivity index (χ3v) is 4.69. The molecule has 0 aliphatic rings. The van der Waals surface area contributed by atoms with E-state index in [4.69, 9.17) is 11.6 Å². The van der Waals surface area contributed by atoms with Crippen molar-refractivity contribution in [2.24, 2.45) is 0 Å². The minimum Gasteiger partial charge on any atom is -0.312 e. The molecule has 0 bridgehead atoms. The van der Waals surface area contributed by atoms with Crippen molar-refractivity contribution in [3.8, 4) is 0 Å². The van der Waals surface area contributed by atoms with Crippen LogP contribution in [0.25, 0.3) is 0 Å².